The van der Waals surface area contributed by atoms with E-state index in [2.05, 4.69) is 0 Å². The quantitative estimate of drug-likeness (QED) is 0.871. The third-order valence-corrected chi connectivity index (χ3v) is 4.58. The van der Waals surface area contributed by atoms with E-state index in [1.807, 2.05) is 49.4 Å². The van der Waals surface area contributed by atoms with Crippen LogP contribution < -0.4 is 9.64 Å². The van der Waals surface area contributed by atoms with E-state index < -0.39 is 5.79 Å². The van der Waals surface area contributed by atoms with Gasteiger partial charge in [-0.05, 0) is 30.2 Å². The van der Waals surface area contributed by atoms with Crippen molar-refractivity contribution < 1.29 is 19.0 Å². The van der Waals surface area contributed by atoms with Crippen LogP contribution in [0.4, 0.5) is 5.69 Å². The van der Waals surface area contributed by atoms with Crippen LogP contribution in [-0.2, 0) is 26.6 Å². The zero-order chi connectivity index (χ0) is 16.7. The SMILES string of the molecule is COc1ccc(CN2C(=O)C3(OCCO3)c3cccc(C)c32)cc1. The normalized spacial score (nSPS) is 18.2. The molecule has 124 valence electrons. The fourth-order valence-electron chi connectivity index (χ4n) is 3.43. The molecule has 0 bridgehead atoms. The number of nitrogens with zero attached hydrogens (tertiary/aromatic N) is 1. The molecule has 0 N–H and O–H groups in total. The Morgan fingerprint density at radius 1 is 1.12 bits per heavy atom. The third-order valence-electron chi connectivity index (χ3n) is 4.58. The molecule has 1 spiro atoms. The highest BCUT2D eigenvalue weighted by molar-refractivity contribution is 6.06. The number of hydrogen-bond donors (Lipinski definition) is 0. The van der Waals surface area contributed by atoms with Crippen molar-refractivity contribution in [2.75, 3.05) is 25.2 Å². The number of fused-ring (bicyclic) bond motifs is 2. The minimum Gasteiger partial charge on any atom is -0.497 e. The Morgan fingerprint density at radius 3 is 2.50 bits per heavy atom. The van der Waals surface area contributed by atoms with E-state index in [4.69, 9.17) is 14.2 Å². The minimum atomic E-state index is -1.27. The molecule has 0 aromatic heterocycles. The first-order valence-corrected chi connectivity index (χ1v) is 7.98. The van der Waals surface area contributed by atoms with Crippen molar-refractivity contribution in [3.05, 3.63) is 59.2 Å². The summed E-state index contributed by atoms with van der Waals surface area (Å²) in [5, 5.41) is 0. The number of amides is 1. The first kappa shape index (κ1) is 15.2. The molecule has 24 heavy (non-hydrogen) atoms. The van der Waals surface area contributed by atoms with Crippen LogP contribution in [0, 0.1) is 6.92 Å². The van der Waals surface area contributed by atoms with Crippen molar-refractivity contribution in [1.29, 1.82) is 0 Å². The number of benzene rings is 2. The number of ether oxygens (including phenoxy) is 3. The monoisotopic (exact) mass is 325 g/mol. The predicted molar refractivity (Wildman–Crippen MR) is 88.9 cm³/mol. The molecule has 0 radical (unpaired) electrons. The van der Waals surface area contributed by atoms with E-state index in [1.54, 1.807) is 12.0 Å². The van der Waals surface area contributed by atoms with Gasteiger partial charge in [0.25, 0.3) is 11.7 Å². The fourth-order valence-corrected chi connectivity index (χ4v) is 3.43. The Bertz CT molecular complexity index is 778. The number of anilines is 1. The van der Waals surface area contributed by atoms with Gasteiger partial charge in [0.05, 0.1) is 32.6 Å². The largest absolute Gasteiger partial charge is 0.497 e. The predicted octanol–water partition coefficient (Wildman–Crippen LogP) is 2.75. The summed E-state index contributed by atoms with van der Waals surface area (Å²) in [7, 11) is 1.64. The molecule has 1 saturated heterocycles. The maximum absolute atomic E-state index is 13.1. The standard InChI is InChI=1S/C19H19NO4/c1-13-4-3-5-16-17(13)20(18(21)19(16)23-10-11-24-19)12-14-6-8-15(22-2)9-7-14/h3-9H,10-12H2,1-2H3. The molecule has 2 aromatic carbocycles. The van der Waals surface area contributed by atoms with E-state index in [-0.39, 0.29) is 5.91 Å². The maximum atomic E-state index is 13.1. The van der Waals surface area contributed by atoms with E-state index in [0.717, 1.165) is 28.1 Å². The van der Waals surface area contributed by atoms with Gasteiger partial charge < -0.3 is 19.1 Å². The summed E-state index contributed by atoms with van der Waals surface area (Å²) in [5.41, 5.74) is 3.75. The minimum absolute atomic E-state index is 0.153. The average molecular weight is 325 g/mol. The summed E-state index contributed by atoms with van der Waals surface area (Å²) < 4.78 is 16.7. The molecule has 2 aliphatic heterocycles. The van der Waals surface area contributed by atoms with Gasteiger partial charge in [0.1, 0.15) is 5.75 Å². The second kappa shape index (κ2) is 5.61. The van der Waals surface area contributed by atoms with Crippen molar-refractivity contribution in [3.8, 4) is 5.75 Å². The lowest BCUT2D eigenvalue weighted by molar-refractivity contribution is -0.180. The van der Waals surface area contributed by atoms with Crippen LogP contribution in [0.5, 0.6) is 5.75 Å². The van der Waals surface area contributed by atoms with E-state index in [0.29, 0.717) is 19.8 Å². The van der Waals surface area contributed by atoms with Gasteiger partial charge in [-0.25, -0.2) is 0 Å². The van der Waals surface area contributed by atoms with Crippen LogP contribution in [0.25, 0.3) is 0 Å². The molecule has 4 rings (SSSR count). The maximum Gasteiger partial charge on any atom is 0.292 e. The highest BCUT2D eigenvalue weighted by Crippen LogP contribution is 2.47. The molecule has 2 aliphatic rings. The second-order valence-electron chi connectivity index (χ2n) is 6.02. The van der Waals surface area contributed by atoms with Gasteiger partial charge in [0.2, 0.25) is 0 Å². The molecule has 0 aliphatic carbocycles. The average Bonchev–Trinajstić information content (AvgIpc) is 3.18. The van der Waals surface area contributed by atoms with Crippen molar-refractivity contribution in [2.45, 2.75) is 19.3 Å². The molecule has 0 unspecified atom stereocenters. The Morgan fingerprint density at radius 2 is 1.83 bits per heavy atom. The lowest BCUT2D eigenvalue weighted by atomic mass is 10.0. The lowest BCUT2D eigenvalue weighted by Gasteiger charge is -2.22. The van der Waals surface area contributed by atoms with Crippen LogP contribution in [-0.4, -0.2) is 26.2 Å². The number of carbonyl (C=O) groups excluding carboxylic acids is 1. The number of rotatable bonds is 3. The van der Waals surface area contributed by atoms with Crippen LogP contribution >= 0.6 is 0 Å². The summed E-state index contributed by atoms with van der Waals surface area (Å²) in [6, 6.07) is 13.6. The van der Waals surface area contributed by atoms with Gasteiger partial charge in [0, 0.05) is 5.56 Å². The summed E-state index contributed by atoms with van der Waals surface area (Å²) in [6.45, 7) is 3.32. The van der Waals surface area contributed by atoms with Gasteiger partial charge >= 0.3 is 0 Å². The van der Waals surface area contributed by atoms with Crippen molar-refractivity contribution >= 4 is 11.6 Å². The summed E-state index contributed by atoms with van der Waals surface area (Å²) in [6.07, 6.45) is 0. The van der Waals surface area contributed by atoms with Crippen molar-refractivity contribution in [3.63, 3.8) is 0 Å². The van der Waals surface area contributed by atoms with Gasteiger partial charge in [0.15, 0.2) is 0 Å². The van der Waals surface area contributed by atoms with Crippen molar-refractivity contribution in [2.24, 2.45) is 0 Å². The lowest BCUT2D eigenvalue weighted by Crippen LogP contribution is -2.40. The highest BCUT2D eigenvalue weighted by Gasteiger charge is 2.56. The van der Waals surface area contributed by atoms with Gasteiger partial charge in [-0.3, -0.25) is 4.79 Å². The van der Waals surface area contributed by atoms with Crippen molar-refractivity contribution in [1.82, 2.24) is 0 Å². The fraction of sp³-hybridized carbons (Fsp3) is 0.316. The molecular formula is C19H19NO4. The van der Waals surface area contributed by atoms with Crippen LogP contribution in [0.1, 0.15) is 16.7 Å². The molecule has 0 atom stereocenters. The molecule has 2 aromatic rings. The molecule has 1 fully saturated rings. The Kier molecular flexibility index (Phi) is 3.55. The van der Waals surface area contributed by atoms with E-state index >= 15 is 0 Å². The molecule has 2 heterocycles. The Hall–Kier alpha value is -2.37. The van der Waals surface area contributed by atoms with E-state index in [1.165, 1.54) is 0 Å². The highest BCUT2D eigenvalue weighted by atomic mass is 16.7. The summed E-state index contributed by atoms with van der Waals surface area (Å²) >= 11 is 0. The number of carbonyl (C=O) groups is 1. The topological polar surface area (TPSA) is 48.0 Å². The van der Waals surface area contributed by atoms with Gasteiger partial charge in [-0.2, -0.15) is 0 Å². The van der Waals surface area contributed by atoms with Crippen LogP contribution in [0.15, 0.2) is 42.5 Å². The smallest absolute Gasteiger partial charge is 0.292 e. The summed E-state index contributed by atoms with van der Waals surface area (Å²) in [4.78, 5) is 14.9. The number of methoxy groups -OCH3 is 1. The van der Waals surface area contributed by atoms with Crippen LogP contribution in [0.2, 0.25) is 0 Å². The summed E-state index contributed by atoms with van der Waals surface area (Å²) in [5.74, 6) is -0.629. The molecule has 0 saturated carbocycles. The first-order chi connectivity index (χ1) is 11.7. The molecule has 5 nitrogen and oxygen atoms in total. The van der Waals surface area contributed by atoms with Gasteiger partial charge in [-0.1, -0.05) is 30.3 Å². The third kappa shape index (κ3) is 2.12. The first-order valence-electron chi connectivity index (χ1n) is 7.98. The van der Waals surface area contributed by atoms with E-state index in [9.17, 15) is 4.79 Å². The zero-order valence-corrected chi connectivity index (χ0v) is 13.7. The number of para-hydroxylation sites is 1. The van der Waals surface area contributed by atoms with Crippen LogP contribution in [0.3, 0.4) is 0 Å². The van der Waals surface area contributed by atoms with Gasteiger partial charge in [-0.15, -0.1) is 0 Å². The Labute approximate surface area is 140 Å². The second-order valence-corrected chi connectivity index (χ2v) is 6.02. The number of aryl methyl sites for hydroxylation is 1. The number of hydrogen-bond acceptors (Lipinski definition) is 4. The zero-order valence-electron chi connectivity index (χ0n) is 13.7. The Balaban J connectivity index is 1.74. The molecule has 5 heteroatoms. The molecule has 1 amide bonds. The molecular weight excluding hydrogens is 306 g/mol.